The highest BCUT2D eigenvalue weighted by molar-refractivity contribution is 7.13. The van der Waals surface area contributed by atoms with Gasteiger partial charge in [-0.1, -0.05) is 12.8 Å². The number of halogens is 2. The molecule has 0 radical (unpaired) electrons. The van der Waals surface area contributed by atoms with Gasteiger partial charge in [-0.15, -0.1) is 11.3 Å². The van der Waals surface area contributed by atoms with Crippen molar-refractivity contribution in [3.8, 4) is 10.7 Å². The van der Waals surface area contributed by atoms with Crippen molar-refractivity contribution in [2.75, 3.05) is 5.48 Å². The van der Waals surface area contributed by atoms with Gasteiger partial charge in [0.15, 0.2) is 5.82 Å². The maximum atomic E-state index is 14.6. The third kappa shape index (κ3) is 3.32. The highest BCUT2D eigenvalue weighted by Gasteiger charge is 2.40. The van der Waals surface area contributed by atoms with Crippen LogP contribution in [0.15, 0.2) is 11.6 Å². The number of rotatable bonds is 4. The fourth-order valence-corrected chi connectivity index (χ4v) is 4.60. The largest absolute Gasteiger partial charge is 0.342 e. The van der Waals surface area contributed by atoms with E-state index in [0.717, 1.165) is 19.3 Å². The van der Waals surface area contributed by atoms with Crippen molar-refractivity contribution >= 4 is 34.7 Å². The molecule has 2 heterocycles. The van der Waals surface area contributed by atoms with Crippen LogP contribution in [0.1, 0.15) is 32.1 Å². The van der Waals surface area contributed by atoms with Crippen LogP contribution >= 0.6 is 22.9 Å². The molecular weight excluding hydrogens is 367 g/mol. The molecule has 3 fully saturated rings. The average Bonchev–Trinajstić information content (AvgIpc) is 3.17. The maximum absolute atomic E-state index is 14.6. The van der Waals surface area contributed by atoms with Gasteiger partial charge in [0.05, 0.1) is 5.92 Å². The molecule has 6 nitrogen and oxygen atoms in total. The third-order valence-corrected chi connectivity index (χ3v) is 6.01. The Labute approximate surface area is 152 Å². The number of thiazole rings is 1. The summed E-state index contributed by atoms with van der Waals surface area (Å²) in [5, 5.41) is 1.93. The first-order valence-corrected chi connectivity index (χ1v) is 9.47. The van der Waals surface area contributed by atoms with Crippen molar-refractivity contribution in [1.82, 2.24) is 15.0 Å². The van der Waals surface area contributed by atoms with Crippen molar-refractivity contribution in [1.29, 1.82) is 0 Å². The Morgan fingerprint density at radius 2 is 2.12 bits per heavy atom. The number of nitrogens with zero attached hydrogens (tertiary/aromatic N) is 3. The van der Waals surface area contributed by atoms with Crippen LogP contribution in [0.5, 0.6) is 0 Å². The van der Waals surface area contributed by atoms with Crippen LogP contribution in [0, 0.1) is 23.6 Å². The van der Waals surface area contributed by atoms with E-state index < -0.39 is 5.82 Å². The highest BCUT2D eigenvalue weighted by atomic mass is 35.5. The molecular formula is C16H16ClFN4O2S. The van der Waals surface area contributed by atoms with Gasteiger partial charge in [-0.3, -0.25) is 0 Å². The summed E-state index contributed by atoms with van der Waals surface area (Å²) in [6.07, 6.45) is 6.90. The first kappa shape index (κ1) is 16.7. The van der Waals surface area contributed by atoms with Crippen molar-refractivity contribution in [3.63, 3.8) is 0 Å². The smallest absolute Gasteiger partial charge is 0.335 e. The first-order valence-electron chi connectivity index (χ1n) is 8.21. The van der Waals surface area contributed by atoms with E-state index in [4.69, 9.17) is 16.4 Å². The Balaban J connectivity index is 1.48. The minimum atomic E-state index is -0.752. The standard InChI is InChI=1S/C16H16ClFN4O2S/c17-16-20-12(14-19-5-6-25-14)11(18)13(21-16)22-24-15(23)10-7-8-1-3-9(10)4-2-8/h5-6,8-10H,1-4,7H2,(H,20,21,22). The predicted octanol–water partition coefficient (Wildman–Crippen LogP) is 4.09. The number of hydrogen-bond donors (Lipinski definition) is 1. The molecule has 9 heteroatoms. The fourth-order valence-electron chi connectivity index (χ4n) is 3.81. The minimum Gasteiger partial charge on any atom is -0.342 e. The molecule has 2 aromatic heterocycles. The number of carbonyl (C=O) groups excluding carboxylic acids is 1. The number of hydrogen-bond acceptors (Lipinski definition) is 7. The predicted molar refractivity (Wildman–Crippen MR) is 91.4 cm³/mol. The van der Waals surface area contributed by atoms with E-state index in [9.17, 15) is 9.18 Å². The topological polar surface area (TPSA) is 77.0 Å². The van der Waals surface area contributed by atoms with Crippen LogP contribution < -0.4 is 5.48 Å². The van der Waals surface area contributed by atoms with E-state index in [0.29, 0.717) is 16.8 Å². The van der Waals surface area contributed by atoms with Crippen LogP contribution in [0.2, 0.25) is 5.28 Å². The Morgan fingerprint density at radius 3 is 2.76 bits per heavy atom. The Morgan fingerprint density at radius 1 is 1.32 bits per heavy atom. The average molecular weight is 383 g/mol. The maximum Gasteiger partial charge on any atom is 0.335 e. The molecule has 3 aliphatic carbocycles. The lowest BCUT2D eigenvalue weighted by molar-refractivity contribution is -0.151. The zero-order valence-electron chi connectivity index (χ0n) is 13.2. The van der Waals surface area contributed by atoms with E-state index in [2.05, 4.69) is 20.4 Å². The Hall–Kier alpha value is -1.80. The Kier molecular flexibility index (Phi) is 4.56. The summed E-state index contributed by atoms with van der Waals surface area (Å²) in [4.78, 5) is 29.2. The lowest BCUT2D eigenvalue weighted by Gasteiger charge is -2.40. The van der Waals surface area contributed by atoms with Crippen molar-refractivity contribution < 1.29 is 14.0 Å². The second-order valence-corrected chi connectivity index (χ2v) is 7.72. The second-order valence-electron chi connectivity index (χ2n) is 6.49. The van der Waals surface area contributed by atoms with Crippen molar-refractivity contribution in [2.24, 2.45) is 17.8 Å². The number of nitrogens with one attached hydrogen (secondary N) is 1. The molecule has 3 aliphatic rings. The second kappa shape index (κ2) is 6.84. The third-order valence-electron chi connectivity index (χ3n) is 5.06. The normalized spacial score (nSPS) is 25.0. The van der Waals surface area contributed by atoms with Gasteiger partial charge in [0.25, 0.3) is 0 Å². The molecule has 1 N–H and O–H groups in total. The molecule has 25 heavy (non-hydrogen) atoms. The quantitative estimate of drug-likeness (QED) is 0.634. The van der Waals surface area contributed by atoms with E-state index in [-0.39, 0.29) is 28.7 Å². The molecule has 2 bridgehead atoms. The number of fused-ring (bicyclic) bond motifs is 3. The van der Waals surface area contributed by atoms with Crippen molar-refractivity contribution in [3.05, 3.63) is 22.7 Å². The van der Waals surface area contributed by atoms with Crippen LogP contribution in [0.25, 0.3) is 10.7 Å². The summed E-state index contributed by atoms with van der Waals surface area (Å²) in [7, 11) is 0. The number of aromatic nitrogens is 3. The molecule has 0 spiro atoms. The summed E-state index contributed by atoms with van der Waals surface area (Å²) in [6, 6.07) is 0. The number of carbonyl (C=O) groups is 1. The number of anilines is 1. The summed E-state index contributed by atoms with van der Waals surface area (Å²) < 4.78 is 14.6. The van der Waals surface area contributed by atoms with Crippen LogP contribution in [0.3, 0.4) is 0 Å². The van der Waals surface area contributed by atoms with Gasteiger partial charge in [-0.2, -0.15) is 10.5 Å². The lowest BCUT2D eigenvalue weighted by Crippen LogP contribution is -2.37. The molecule has 0 aliphatic heterocycles. The van der Waals surface area contributed by atoms with E-state index in [1.165, 1.54) is 24.2 Å². The SMILES string of the molecule is O=C(ONc1nc(Cl)nc(-c2nccs2)c1F)C1CC2CCC1CC2. The van der Waals surface area contributed by atoms with Gasteiger partial charge >= 0.3 is 5.97 Å². The Bertz CT molecular complexity index is 781. The van der Waals surface area contributed by atoms with E-state index >= 15 is 0 Å². The molecule has 0 aromatic carbocycles. The minimum absolute atomic E-state index is 0.0229. The fraction of sp³-hybridized carbons (Fsp3) is 0.500. The van der Waals surface area contributed by atoms with Crippen LogP contribution in [-0.2, 0) is 9.63 Å². The summed E-state index contributed by atoms with van der Waals surface area (Å²) >= 11 is 7.09. The monoisotopic (exact) mass is 382 g/mol. The summed E-state index contributed by atoms with van der Waals surface area (Å²) in [5.74, 6) is -0.539. The molecule has 0 saturated heterocycles. The molecule has 1 unspecified atom stereocenters. The van der Waals surface area contributed by atoms with Gasteiger partial charge in [0.1, 0.15) is 10.7 Å². The summed E-state index contributed by atoms with van der Waals surface area (Å²) in [6.45, 7) is 0. The van der Waals surface area contributed by atoms with E-state index in [1.807, 2.05) is 0 Å². The molecule has 3 saturated carbocycles. The van der Waals surface area contributed by atoms with Crippen LogP contribution in [0.4, 0.5) is 10.2 Å². The van der Waals surface area contributed by atoms with Gasteiger partial charge in [-0.25, -0.2) is 19.2 Å². The zero-order chi connectivity index (χ0) is 17.4. The van der Waals surface area contributed by atoms with Gasteiger partial charge in [0.2, 0.25) is 11.1 Å². The molecule has 5 rings (SSSR count). The zero-order valence-corrected chi connectivity index (χ0v) is 14.8. The van der Waals surface area contributed by atoms with Crippen molar-refractivity contribution in [2.45, 2.75) is 32.1 Å². The first-order chi connectivity index (χ1) is 12.1. The molecule has 1 atom stereocenters. The summed E-state index contributed by atoms with van der Waals surface area (Å²) in [5.41, 5.74) is 2.31. The van der Waals surface area contributed by atoms with Gasteiger partial charge in [-0.05, 0) is 42.7 Å². The van der Waals surface area contributed by atoms with Gasteiger partial charge in [0, 0.05) is 11.6 Å². The molecule has 132 valence electrons. The van der Waals surface area contributed by atoms with E-state index in [1.54, 1.807) is 11.6 Å². The molecule has 0 amide bonds. The lowest BCUT2D eigenvalue weighted by atomic mass is 9.65. The highest BCUT2D eigenvalue weighted by Crippen LogP contribution is 2.45. The molecule has 2 aromatic rings. The van der Waals surface area contributed by atoms with Crippen LogP contribution in [-0.4, -0.2) is 20.9 Å². The van der Waals surface area contributed by atoms with Gasteiger partial charge < -0.3 is 4.84 Å².